The number of rotatable bonds is 4. The summed E-state index contributed by atoms with van der Waals surface area (Å²) in [6.45, 7) is 0. The van der Waals surface area contributed by atoms with Crippen molar-refractivity contribution in [2.24, 2.45) is 0 Å². The fourth-order valence-electron chi connectivity index (χ4n) is 7.39. The van der Waals surface area contributed by atoms with Crippen molar-refractivity contribution >= 4 is 32.6 Å². The first kappa shape index (κ1) is 26.7. The van der Waals surface area contributed by atoms with Crippen molar-refractivity contribution in [2.45, 2.75) is 0 Å². The molecular weight excluding hydrogens is 583 g/mol. The maximum Gasteiger partial charge on any atom is 0.0972 e. The minimum Gasteiger partial charge on any atom is -0.264 e. The van der Waals surface area contributed by atoms with Crippen LogP contribution in [0.15, 0.2) is 164 Å². The molecular formula is C45H27N3. The van der Waals surface area contributed by atoms with Gasteiger partial charge in [-0.2, -0.15) is 0 Å². The molecule has 0 unspecified atom stereocenters. The van der Waals surface area contributed by atoms with Crippen molar-refractivity contribution in [2.75, 3.05) is 0 Å². The minimum absolute atomic E-state index is 0.904. The van der Waals surface area contributed by atoms with Crippen molar-refractivity contribution in [1.29, 1.82) is 0 Å². The van der Waals surface area contributed by atoms with Gasteiger partial charge in [0.2, 0.25) is 0 Å². The number of hydrogen-bond acceptors (Lipinski definition) is 3. The van der Waals surface area contributed by atoms with E-state index in [1.807, 2.05) is 12.3 Å². The lowest BCUT2D eigenvalue weighted by atomic mass is 9.93. The van der Waals surface area contributed by atoms with Gasteiger partial charge in [0.25, 0.3) is 0 Å². The first-order valence-electron chi connectivity index (χ1n) is 16.3. The summed E-state index contributed by atoms with van der Waals surface area (Å²) >= 11 is 0. The molecule has 3 nitrogen and oxygen atoms in total. The third kappa shape index (κ3) is 4.18. The number of hydrogen-bond donors (Lipinski definition) is 0. The topological polar surface area (TPSA) is 38.7 Å². The van der Waals surface area contributed by atoms with Crippen molar-refractivity contribution in [3.63, 3.8) is 0 Å². The van der Waals surface area contributed by atoms with E-state index in [2.05, 4.69) is 151 Å². The van der Waals surface area contributed by atoms with Crippen LogP contribution in [0.5, 0.6) is 0 Å². The fraction of sp³-hybridized carbons (Fsp3) is 0. The minimum atomic E-state index is 0.904. The first-order chi connectivity index (χ1) is 23.8. The molecule has 3 heteroatoms. The summed E-state index contributed by atoms with van der Waals surface area (Å²) in [7, 11) is 0. The number of aromatic nitrogens is 3. The Balaban J connectivity index is 1.08. The molecule has 10 rings (SSSR count). The molecule has 9 aromatic rings. The molecule has 1 aliphatic carbocycles. The number of pyridine rings is 3. The Hall–Kier alpha value is -6.45. The second-order valence-electron chi connectivity index (χ2n) is 12.4. The predicted octanol–water partition coefficient (Wildman–Crippen LogP) is 11.6. The Kier molecular flexibility index (Phi) is 5.87. The second-order valence-corrected chi connectivity index (χ2v) is 12.4. The van der Waals surface area contributed by atoms with Crippen molar-refractivity contribution in [3.8, 4) is 67.0 Å². The Morgan fingerprint density at radius 2 is 0.896 bits per heavy atom. The third-order valence-corrected chi connectivity index (χ3v) is 9.69. The van der Waals surface area contributed by atoms with E-state index < -0.39 is 0 Å². The Morgan fingerprint density at radius 1 is 0.354 bits per heavy atom. The van der Waals surface area contributed by atoms with Gasteiger partial charge in [-0.25, -0.2) is 9.97 Å². The Labute approximate surface area is 277 Å². The zero-order valence-corrected chi connectivity index (χ0v) is 25.9. The molecule has 0 fully saturated rings. The van der Waals surface area contributed by atoms with E-state index in [0.29, 0.717) is 0 Å². The second kappa shape index (κ2) is 10.5. The summed E-state index contributed by atoms with van der Waals surface area (Å²) in [5.74, 6) is 0. The maximum atomic E-state index is 5.27. The van der Waals surface area contributed by atoms with E-state index in [0.717, 1.165) is 55.4 Å². The van der Waals surface area contributed by atoms with Gasteiger partial charge in [-0.3, -0.25) is 4.98 Å². The molecule has 0 aliphatic heterocycles. The van der Waals surface area contributed by atoms with Gasteiger partial charge in [-0.15, -0.1) is 0 Å². The van der Waals surface area contributed by atoms with E-state index in [1.165, 1.54) is 44.2 Å². The molecule has 0 saturated heterocycles. The maximum absolute atomic E-state index is 5.27. The van der Waals surface area contributed by atoms with Crippen LogP contribution in [-0.4, -0.2) is 15.0 Å². The van der Waals surface area contributed by atoms with E-state index in [4.69, 9.17) is 9.97 Å². The van der Waals surface area contributed by atoms with Crippen LogP contribution in [0.1, 0.15) is 0 Å². The van der Waals surface area contributed by atoms with Crippen LogP contribution in [-0.2, 0) is 0 Å². The summed E-state index contributed by atoms with van der Waals surface area (Å²) in [6.07, 6.45) is 3.69. The zero-order chi connectivity index (χ0) is 31.6. The molecule has 48 heavy (non-hydrogen) atoms. The Bertz CT molecular complexity index is 2700. The van der Waals surface area contributed by atoms with Crippen molar-refractivity contribution in [3.05, 3.63) is 164 Å². The molecule has 0 amide bonds. The molecule has 222 valence electrons. The molecule has 0 N–H and O–H groups in total. The summed E-state index contributed by atoms with van der Waals surface area (Å²) in [6, 6.07) is 54.1. The van der Waals surface area contributed by atoms with E-state index >= 15 is 0 Å². The summed E-state index contributed by atoms with van der Waals surface area (Å²) in [5.41, 5.74) is 15.7. The first-order valence-corrected chi connectivity index (χ1v) is 16.3. The van der Waals surface area contributed by atoms with Crippen LogP contribution in [0, 0.1) is 0 Å². The van der Waals surface area contributed by atoms with Crippen LogP contribution in [0.2, 0.25) is 0 Å². The van der Waals surface area contributed by atoms with E-state index in [-0.39, 0.29) is 0 Å². The average Bonchev–Trinajstić information content (AvgIpc) is 3.50. The van der Waals surface area contributed by atoms with Gasteiger partial charge in [0, 0.05) is 39.9 Å². The predicted molar refractivity (Wildman–Crippen MR) is 199 cm³/mol. The number of nitrogens with zero attached hydrogens (tertiary/aromatic N) is 3. The molecule has 0 bridgehead atoms. The van der Waals surface area contributed by atoms with Gasteiger partial charge < -0.3 is 0 Å². The van der Waals surface area contributed by atoms with Gasteiger partial charge in [0.1, 0.15) is 0 Å². The number of fused-ring (bicyclic) bond motifs is 6. The quantitative estimate of drug-likeness (QED) is 0.186. The highest BCUT2D eigenvalue weighted by molar-refractivity contribution is 6.18. The third-order valence-electron chi connectivity index (χ3n) is 9.69. The summed E-state index contributed by atoms with van der Waals surface area (Å²) in [4.78, 5) is 14.8. The normalized spacial score (nSPS) is 11.8. The molecule has 0 saturated carbocycles. The standard InChI is InChI=1S/C45H27N3/c1-2-13-37-36(12-1)39-15-5-14-38-35(20-21-40(37)43(38)39)31-8-4-10-33(26-31)42-23-19-29-17-16-28-18-22-41(47-44(28)45(29)48-42)32-9-3-7-30(25-32)34-11-6-24-46-27-34/h1-27H. The van der Waals surface area contributed by atoms with Crippen molar-refractivity contribution < 1.29 is 0 Å². The molecule has 3 aromatic heterocycles. The van der Waals surface area contributed by atoms with Gasteiger partial charge >= 0.3 is 0 Å². The van der Waals surface area contributed by atoms with Crippen molar-refractivity contribution in [1.82, 2.24) is 15.0 Å². The average molecular weight is 610 g/mol. The largest absolute Gasteiger partial charge is 0.264 e. The molecule has 6 aromatic carbocycles. The fourth-order valence-corrected chi connectivity index (χ4v) is 7.39. The Morgan fingerprint density at radius 3 is 1.58 bits per heavy atom. The van der Waals surface area contributed by atoms with Gasteiger partial charge in [0.05, 0.1) is 22.4 Å². The van der Waals surface area contributed by atoms with Gasteiger partial charge in [-0.05, 0) is 80.0 Å². The molecule has 0 spiro atoms. The number of benzene rings is 6. The summed E-state index contributed by atoms with van der Waals surface area (Å²) in [5, 5.41) is 4.76. The lowest BCUT2D eigenvalue weighted by Gasteiger charge is -2.12. The smallest absolute Gasteiger partial charge is 0.0972 e. The van der Waals surface area contributed by atoms with Crippen LogP contribution in [0.3, 0.4) is 0 Å². The molecule has 0 radical (unpaired) electrons. The van der Waals surface area contributed by atoms with Crippen LogP contribution in [0.4, 0.5) is 0 Å². The van der Waals surface area contributed by atoms with E-state index in [1.54, 1.807) is 6.20 Å². The van der Waals surface area contributed by atoms with Crippen LogP contribution in [0.25, 0.3) is 99.6 Å². The van der Waals surface area contributed by atoms with Gasteiger partial charge in [0.15, 0.2) is 0 Å². The lowest BCUT2D eigenvalue weighted by Crippen LogP contribution is -1.92. The molecule has 1 aliphatic rings. The molecule has 0 atom stereocenters. The van der Waals surface area contributed by atoms with Crippen LogP contribution >= 0.6 is 0 Å². The monoisotopic (exact) mass is 609 g/mol. The van der Waals surface area contributed by atoms with E-state index in [9.17, 15) is 0 Å². The highest BCUT2D eigenvalue weighted by Gasteiger charge is 2.22. The lowest BCUT2D eigenvalue weighted by molar-refractivity contribution is 1.33. The highest BCUT2D eigenvalue weighted by Crippen LogP contribution is 2.49. The summed E-state index contributed by atoms with van der Waals surface area (Å²) < 4.78 is 0. The highest BCUT2D eigenvalue weighted by atomic mass is 14.8. The van der Waals surface area contributed by atoms with Gasteiger partial charge in [-0.1, -0.05) is 121 Å². The SMILES string of the molecule is c1cncc(-c2cccc(-c3ccc4ccc5ccc(-c6cccc(-c7ccc8c9c(cccc79)-c7ccccc7-8)c6)nc5c4n3)c2)c1. The zero-order valence-electron chi connectivity index (χ0n) is 25.9. The van der Waals surface area contributed by atoms with Crippen LogP contribution < -0.4 is 0 Å². The molecule has 3 heterocycles.